The van der Waals surface area contributed by atoms with Crippen molar-refractivity contribution in [3.63, 3.8) is 0 Å². The molecule has 0 unspecified atom stereocenters. The summed E-state index contributed by atoms with van der Waals surface area (Å²) < 4.78 is 13.1. The minimum absolute atomic E-state index is 0.0556. The lowest BCUT2D eigenvalue weighted by Crippen LogP contribution is -2.10. The van der Waals surface area contributed by atoms with Gasteiger partial charge in [0, 0.05) is 6.07 Å². The predicted molar refractivity (Wildman–Crippen MR) is 65.3 cm³/mol. The maximum absolute atomic E-state index is 13.1. The van der Waals surface area contributed by atoms with Crippen LogP contribution in [0.4, 0.5) is 15.8 Å². The highest BCUT2D eigenvalue weighted by Crippen LogP contribution is 2.21. The number of hydrogen-bond acceptors (Lipinski definition) is 4. The number of nitrogens with one attached hydrogen (secondary N) is 1. The van der Waals surface area contributed by atoms with Crippen molar-refractivity contribution in [2.45, 2.75) is 0 Å². The second kappa shape index (κ2) is 4.92. The Bertz CT molecular complexity index is 598. The molecule has 0 radical (unpaired) electrons. The van der Waals surface area contributed by atoms with Crippen molar-refractivity contribution in [2.24, 2.45) is 0 Å². The molecule has 5 nitrogen and oxygen atoms in total. The molecule has 18 heavy (non-hydrogen) atoms. The number of nitro groups is 1. The van der Waals surface area contributed by atoms with E-state index in [1.165, 1.54) is 11.3 Å². The van der Waals surface area contributed by atoms with E-state index in [1.807, 2.05) is 0 Å². The van der Waals surface area contributed by atoms with Crippen LogP contribution in [0.1, 0.15) is 9.67 Å². The quantitative estimate of drug-likeness (QED) is 0.685. The molecule has 2 rings (SSSR count). The minimum Gasteiger partial charge on any atom is -0.321 e. The van der Waals surface area contributed by atoms with E-state index < -0.39 is 22.3 Å². The second-order valence-corrected chi connectivity index (χ2v) is 4.33. The Morgan fingerprint density at radius 2 is 2.17 bits per heavy atom. The van der Waals surface area contributed by atoms with Gasteiger partial charge in [-0.25, -0.2) is 4.39 Å². The number of thiophene rings is 1. The molecule has 0 aliphatic rings. The third-order valence-corrected chi connectivity index (χ3v) is 2.96. The number of halogens is 1. The molecular weight excluding hydrogens is 259 g/mol. The van der Waals surface area contributed by atoms with Crippen LogP contribution in [0.2, 0.25) is 0 Å². The van der Waals surface area contributed by atoms with Gasteiger partial charge in [-0.3, -0.25) is 14.9 Å². The lowest BCUT2D eigenvalue weighted by molar-refractivity contribution is -0.385. The van der Waals surface area contributed by atoms with Crippen LogP contribution < -0.4 is 5.32 Å². The van der Waals surface area contributed by atoms with Crippen LogP contribution in [0.25, 0.3) is 0 Å². The minimum atomic E-state index is -0.773. The molecule has 92 valence electrons. The second-order valence-electron chi connectivity index (χ2n) is 3.39. The van der Waals surface area contributed by atoms with Crippen LogP contribution in [-0.4, -0.2) is 10.8 Å². The largest absolute Gasteiger partial charge is 0.321 e. The summed E-state index contributed by atoms with van der Waals surface area (Å²) >= 11 is 1.23. The zero-order chi connectivity index (χ0) is 13.1. The molecule has 0 aliphatic heterocycles. The van der Waals surface area contributed by atoms with E-state index in [4.69, 9.17) is 0 Å². The summed E-state index contributed by atoms with van der Waals surface area (Å²) in [5.41, 5.74) is -0.350. The molecule has 0 saturated heterocycles. The van der Waals surface area contributed by atoms with Gasteiger partial charge in [-0.05, 0) is 17.5 Å². The number of non-ortho nitro benzene ring substituents is 1. The molecule has 0 aliphatic carbocycles. The molecule has 2 aromatic rings. The average Bonchev–Trinajstić information content (AvgIpc) is 2.81. The first-order valence-electron chi connectivity index (χ1n) is 4.86. The number of carbonyl (C=O) groups is 1. The van der Waals surface area contributed by atoms with E-state index in [9.17, 15) is 19.3 Å². The molecule has 0 saturated carbocycles. The number of nitrogens with zero attached hydrogens (tertiary/aromatic N) is 1. The van der Waals surface area contributed by atoms with Gasteiger partial charge in [0.1, 0.15) is 5.82 Å². The molecule has 0 bridgehead atoms. The van der Waals surface area contributed by atoms with Crippen LogP contribution in [0.3, 0.4) is 0 Å². The molecule has 7 heteroatoms. The van der Waals surface area contributed by atoms with E-state index in [2.05, 4.69) is 5.32 Å². The van der Waals surface area contributed by atoms with Crippen molar-refractivity contribution in [3.05, 3.63) is 56.5 Å². The highest BCUT2D eigenvalue weighted by molar-refractivity contribution is 7.12. The molecule has 1 N–H and O–H groups in total. The Morgan fingerprint density at radius 3 is 2.78 bits per heavy atom. The topological polar surface area (TPSA) is 72.2 Å². The maximum atomic E-state index is 13.1. The zero-order valence-electron chi connectivity index (χ0n) is 8.92. The van der Waals surface area contributed by atoms with Crippen molar-refractivity contribution in [3.8, 4) is 0 Å². The van der Waals surface area contributed by atoms with E-state index in [-0.39, 0.29) is 5.69 Å². The SMILES string of the molecule is O=C(Nc1cc(F)cc([N+](=O)[O-])c1)c1cccs1. The van der Waals surface area contributed by atoms with Gasteiger partial charge in [0.15, 0.2) is 0 Å². The summed E-state index contributed by atoms with van der Waals surface area (Å²) in [5, 5.41) is 14.7. The normalized spacial score (nSPS) is 10.1. The van der Waals surface area contributed by atoms with E-state index in [0.717, 1.165) is 18.2 Å². The fraction of sp³-hybridized carbons (Fsp3) is 0. The first-order valence-corrected chi connectivity index (χ1v) is 5.74. The first-order chi connectivity index (χ1) is 8.56. The van der Waals surface area contributed by atoms with Gasteiger partial charge >= 0.3 is 0 Å². The summed E-state index contributed by atoms with van der Waals surface area (Å²) in [6.07, 6.45) is 0. The first kappa shape index (κ1) is 12.2. The molecule has 0 atom stereocenters. The summed E-state index contributed by atoms with van der Waals surface area (Å²) in [4.78, 5) is 22.0. The summed E-state index contributed by atoms with van der Waals surface area (Å²) in [6, 6.07) is 6.23. The third kappa shape index (κ3) is 2.69. The standard InChI is InChI=1S/C11H7FN2O3S/c12-7-4-8(6-9(5-7)14(16)17)13-11(15)10-2-1-3-18-10/h1-6H,(H,13,15). The highest BCUT2D eigenvalue weighted by Gasteiger charge is 2.12. The van der Waals surface area contributed by atoms with Gasteiger partial charge in [0.25, 0.3) is 11.6 Å². The lowest BCUT2D eigenvalue weighted by atomic mass is 10.2. The summed E-state index contributed by atoms with van der Waals surface area (Å²) in [7, 11) is 0. The van der Waals surface area contributed by atoms with Crippen LogP contribution in [0.15, 0.2) is 35.7 Å². The number of anilines is 1. The Kier molecular flexibility index (Phi) is 3.33. The smallest absolute Gasteiger partial charge is 0.274 e. The van der Waals surface area contributed by atoms with Gasteiger partial charge in [-0.15, -0.1) is 11.3 Å². The third-order valence-electron chi connectivity index (χ3n) is 2.10. The molecule has 1 amide bonds. The molecule has 1 aromatic heterocycles. The van der Waals surface area contributed by atoms with E-state index in [0.29, 0.717) is 4.88 Å². The number of amides is 1. The Hall–Kier alpha value is -2.28. The van der Waals surface area contributed by atoms with Crippen molar-refractivity contribution in [1.82, 2.24) is 0 Å². The van der Waals surface area contributed by atoms with Gasteiger partial charge < -0.3 is 5.32 Å². The van der Waals surface area contributed by atoms with E-state index >= 15 is 0 Å². The van der Waals surface area contributed by atoms with Crippen molar-refractivity contribution in [1.29, 1.82) is 0 Å². The van der Waals surface area contributed by atoms with Gasteiger partial charge in [0.2, 0.25) is 0 Å². The van der Waals surface area contributed by atoms with Crippen LogP contribution in [0, 0.1) is 15.9 Å². The Balaban J connectivity index is 2.24. The van der Waals surface area contributed by atoms with Gasteiger partial charge in [0.05, 0.1) is 21.6 Å². The van der Waals surface area contributed by atoms with Crippen molar-refractivity contribution >= 4 is 28.6 Å². The molecule has 0 spiro atoms. The molecule has 0 fully saturated rings. The zero-order valence-corrected chi connectivity index (χ0v) is 9.74. The van der Waals surface area contributed by atoms with Gasteiger partial charge in [-0.2, -0.15) is 0 Å². The van der Waals surface area contributed by atoms with Gasteiger partial charge in [-0.1, -0.05) is 6.07 Å². The number of nitro benzene ring substituents is 1. The van der Waals surface area contributed by atoms with E-state index in [1.54, 1.807) is 17.5 Å². The van der Waals surface area contributed by atoms with Crippen molar-refractivity contribution < 1.29 is 14.1 Å². The van der Waals surface area contributed by atoms with Crippen LogP contribution in [-0.2, 0) is 0 Å². The average molecular weight is 266 g/mol. The van der Waals surface area contributed by atoms with Crippen LogP contribution in [0.5, 0.6) is 0 Å². The fourth-order valence-corrected chi connectivity index (χ4v) is 1.97. The number of benzene rings is 1. The number of hydrogen-bond donors (Lipinski definition) is 1. The summed E-state index contributed by atoms with van der Waals surface area (Å²) in [6.45, 7) is 0. The van der Waals surface area contributed by atoms with Crippen LogP contribution >= 0.6 is 11.3 Å². The highest BCUT2D eigenvalue weighted by atomic mass is 32.1. The molecular formula is C11H7FN2O3S. The maximum Gasteiger partial charge on any atom is 0.274 e. The Morgan fingerprint density at radius 1 is 1.39 bits per heavy atom. The monoisotopic (exact) mass is 266 g/mol. The lowest BCUT2D eigenvalue weighted by Gasteiger charge is -2.03. The molecule has 1 heterocycles. The Labute approximate surface area is 105 Å². The number of rotatable bonds is 3. The van der Waals surface area contributed by atoms with Crippen molar-refractivity contribution in [2.75, 3.05) is 5.32 Å². The predicted octanol–water partition coefficient (Wildman–Crippen LogP) is 3.05. The fourth-order valence-electron chi connectivity index (χ4n) is 1.35. The molecule has 1 aromatic carbocycles. The number of carbonyl (C=O) groups excluding carboxylic acids is 1. The summed E-state index contributed by atoms with van der Waals surface area (Å²) in [5.74, 6) is -1.20.